The first-order chi connectivity index (χ1) is 10.0. The third-order valence-electron chi connectivity index (χ3n) is 3.53. The van der Waals surface area contributed by atoms with Crippen molar-refractivity contribution in [3.05, 3.63) is 47.3 Å². The largest absolute Gasteiger partial charge is 0.341 e. The van der Waals surface area contributed by atoms with E-state index in [0.717, 1.165) is 24.3 Å². The number of nitrogens with zero attached hydrogens (tertiary/aromatic N) is 3. The lowest BCUT2D eigenvalue weighted by Crippen LogP contribution is -2.52. The number of amides is 1. The Balaban J connectivity index is 2.13. The minimum atomic E-state index is -1.08. The molecule has 2 aliphatic rings. The highest BCUT2D eigenvalue weighted by Gasteiger charge is 2.42. The second-order valence-corrected chi connectivity index (χ2v) is 5.30. The predicted molar refractivity (Wildman–Crippen MR) is 75.9 cm³/mol. The van der Waals surface area contributed by atoms with Crippen molar-refractivity contribution in [3.63, 3.8) is 0 Å². The Hall–Kier alpha value is -2.09. The maximum Gasteiger partial charge on any atom is 0.254 e. The molecule has 8 heteroatoms. The molecule has 1 N–H and O–H groups in total. The molecule has 0 radical (unpaired) electrons. The van der Waals surface area contributed by atoms with E-state index in [-0.39, 0.29) is 5.56 Å². The van der Waals surface area contributed by atoms with Gasteiger partial charge in [-0.2, -0.15) is 4.40 Å². The van der Waals surface area contributed by atoms with E-state index in [1.54, 1.807) is 20.3 Å². The molecule has 2 aliphatic heterocycles. The van der Waals surface area contributed by atoms with Gasteiger partial charge in [0.05, 0.1) is 17.7 Å². The van der Waals surface area contributed by atoms with Crippen molar-refractivity contribution < 1.29 is 13.6 Å². The number of likely N-dealkylation sites (N-methyl/N-ethyl adjacent to an activating group) is 2. The molecule has 0 aliphatic carbocycles. The second-order valence-electron chi connectivity index (χ2n) is 4.70. The summed E-state index contributed by atoms with van der Waals surface area (Å²) in [5, 5.41) is 0. The van der Waals surface area contributed by atoms with Crippen LogP contribution in [0.2, 0.25) is 0 Å². The van der Waals surface area contributed by atoms with Crippen molar-refractivity contribution in [2.75, 3.05) is 14.1 Å². The molecule has 1 fully saturated rings. The van der Waals surface area contributed by atoms with E-state index in [2.05, 4.69) is 9.12 Å². The molecule has 21 heavy (non-hydrogen) atoms. The van der Waals surface area contributed by atoms with Crippen molar-refractivity contribution >= 4 is 23.9 Å². The van der Waals surface area contributed by atoms with Gasteiger partial charge >= 0.3 is 0 Å². The van der Waals surface area contributed by atoms with Crippen molar-refractivity contribution in [2.45, 2.75) is 6.04 Å². The van der Waals surface area contributed by atoms with Gasteiger partial charge in [0, 0.05) is 20.3 Å². The number of amidine groups is 1. The summed E-state index contributed by atoms with van der Waals surface area (Å²) < 4.78 is 35.1. The Labute approximate surface area is 124 Å². The zero-order chi connectivity index (χ0) is 15.1. The molecule has 3 rings (SSSR count). The Bertz CT molecular complexity index is 656. The maximum absolute atomic E-state index is 14.0. The topological polar surface area (TPSA) is 47.9 Å². The zero-order valence-corrected chi connectivity index (χ0v) is 12.1. The molecule has 1 amide bonds. The lowest BCUT2D eigenvalue weighted by Gasteiger charge is -2.41. The van der Waals surface area contributed by atoms with Crippen LogP contribution in [-0.4, -0.2) is 35.6 Å². The van der Waals surface area contributed by atoms with Crippen LogP contribution in [0, 0.1) is 11.6 Å². The van der Waals surface area contributed by atoms with Gasteiger partial charge in [0.1, 0.15) is 23.4 Å². The standard InChI is InChI=1S/C13H12F2N4OS/c1-18-9-6-16-21-17-12(9)19(2)11(13(18)20)10-7(14)4-3-5-8(10)15/h3-6,11,16H,1-2H3. The van der Waals surface area contributed by atoms with Gasteiger partial charge in [0.15, 0.2) is 5.84 Å². The van der Waals surface area contributed by atoms with E-state index in [0.29, 0.717) is 11.5 Å². The third-order valence-corrected chi connectivity index (χ3v) is 4.02. The van der Waals surface area contributed by atoms with E-state index in [1.165, 1.54) is 15.9 Å². The van der Waals surface area contributed by atoms with Crippen LogP contribution in [0.25, 0.3) is 0 Å². The van der Waals surface area contributed by atoms with Crippen LogP contribution >= 0.6 is 12.1 Å². The number of carbonyl (C=O) groups is 1. The van der Waals surface area contributed by atoms with Crippen molar-refractivity contribution in [1.82, 2.24) is 14.5 Å². The molecule has 2 heterocycles. The van der Waals surface area contributed by atoms with E-state index in [1.807, 2.05) is 0 Å². The lowest BCUT2D eigenvalue weighted by molar-refractivity contribution is -0.133. The minimum absolute atomic E-state index is 0.262. The van der Waals surface area contributed by atoms with Crippen LogP contribution in [-0.2, 0) is 4.79 Å². The molecule has 0 spiro atoms. The highest BCUT2D eigenvalue weighted by molar-refractivity contribution is 7.96. The van der Waals surface area contributed by atoms with E-state index in [9.17, 15) is 13.6 Å². The number of hydrogen-bond acceptors (Lipinski definition) is 5. The summed E-state index contributed by atoms with van der Waals surface area (Å²) in [6.07, 6.45) is 1.63. The first-order valence-corrected chi connectivity index (χ1v) is 6.94. The fraction of sp³-hybridized carbons (Fsp3) is 0.231. The molecule has 0 saturated carbocycles. The molecular weight excluding hydrogens is 298 g/mol. The lowest BCUT2D eigenvalue weighted by atomic mass is 9.99. The van der Waals surface area contributed by atoms with Crippen molar-refractivity contribution in [3.8, 4) is 0 Å². The first kappa shape index (κ1) is 13.9. The Morgan fingerprint density at radius 3 is 2.62 bits per heavy atom. The molecule has 1 aromatic carbocycles. The molecule has 5 nitrogen and oxygen atoms in total. The van der Waals surface area contributed by atoms with Gasteiger partial charge in [-0.05, 0) is 12.1 Å². The summed E-state index contributed by atoms with van der Waals surface area (Å²) in [5.74, 6) is -1.42. The van der Waals surface area contributed by atoms with Gasteiger partial charge in [0.25, 0.3) is 5.91 Å². The number of halogens is 2. The number of carbonyl (C=O) groups excluding carboxylic acids is 1. The Morgan fingerprint density at radius 2 is 1.95 bits per heavy atom. The fourth-order valence-electron chi connectivity index (χ4n) is 2.43. The van der Waals surface area contributed by atoms with Crippen LogP contribution in [0.1, 0.15) is 11.6 Å². The number of benzene rings is 1. The number of nitrogens with one attached hydrogen (secondary N) is 1. The minimum Gasteiger partial charge on any atom is -0.341 e. The fourth-order valence-corrected chi connectivity index (χ4v) is 2.96. The third kappa shape index (κ3) is 2.06. The predicted octanol–water partition coefficient (Wildman–Crippen LogP) is 1.82. The number of hydrogen-bond donors (Lipinski definition) is 1. The van der Waals surface area contributed by atoms with E-state index in [4.69, 9.17) is 0 Å². The summed E-state index contributed by atoms with van der Waals surface area (Å²) in [7, 11) is 3.15. The van der Waals surface area contributed by atoms with Gasteiger partial charge < -0.3 is 14.5 Å². The van der Waals surface area contributed by atoms with Crippen molar-refractivity contribution in [2.24, 2.45) is 4.40 Å². The van der Waals surface area contributed by atoms with Crippen LogP contribution in [0.15, 0.2) is 34.5 Å². The molecule has 110 valence electrons. The zero-order valence-electron chi connectivity index (χ0n) is 11.3. The Morgan fingerprint density at radius 1 is 1.29 bits per heavy atom. The normalized spacial score (nSPS) is 21.5. The molecule has 1 saturated heterocycles. The van der Waals surface area contributed by atoms with Gasteiger partial charge in [0.2, 0.25) is 0 Å². The van der Waals surface area contributed by atoms with Gasteiger partial charge in [-0.15, -0.1) is 0 Å². The Kier molecular flexibility index (Phi) is 3.32. The maximum atomic E-state index is 14.0. The van der Waals surface area contributed by atoms with Gasteiger partial charge in [-0.1, -0.05) is 6.07 Å². The number of piperazine rings is 1. The smallest absolute Gasteiger partial charge is 0.254 e. The highest BCUT2D eigenvalue weighted by Crippen LogP contribution is 2.34. The van der Waals surface area contributed by atoms with Crippen LogP contribution in [0.3, 0.4) is 0 Å². The van der Waals surface area contributed by atoms with Gasteiger partial charge in [-0.25, -0.2) is 8.78 Å². The number of rotatable bonds is 1. The van der Waals surface area contributed by atoms with Gasteiger partial charge in [-0.3, -0.25) is 4.79 Å². The average molecular weight is 310 g/mol. The first-order valence-electron chi connectivity index (χ1n) is 6.16. The molecular formula is C13H12F2N4OS. The summed E-state index contributed by atoms with van der Waals surface area (Å²) >= 11 is 1.09. The highest BCUT2D eigenvalue weighted by atomic mass is 32.2. The molecule has 0 bridgehead atoms. The summed E-state index contributed by atoms with van der Waals surface area (Å²) in [6, 6.07) is 2.48. The summed E-state index contributed by atoms with van der Waals surface area (Å²) in [6.45, 7) is 0. The van der Waals surface area contributed by atoms with E-state index >= 15 is 0 Å². The molecule has 0 aromatic heterocycles. The number of fused-ring (bicyclic) bond motifs is 1. The second kappa shape index (κ2) is 5.03. The van der Waals surface area contributed by atoms with Crippen LogP contribution in [0.4, 0.5) is 8.78 Å². The molecule has 1 aromatic rings. The SMILES string of the molecule is CN1C(=O)C(c2c(F)cccc2F)N(C)C2=NSNC=C21. The van der Waals surface area contributed by atoms with Crippen LogP contribution < -0.4 is 4.72 Å². The van der Waals surface area contributed by atoms with Crippen molar-refractivity contribution in [1.29, 1.82) is 0 Å². The summed E-state index contributed by atoms with van der Waals surface area (Å²) in [4.78, 5) is 15.4. The summed E-state index contributed by atoms with van der Waals surface area (Å²) in [5.41, 5.74) is 0.302. The van der Waals surface area contributed by atoms with E-state index < -0.39 is 23.6 Å². The quantitative estimate of drug-likeness (QED) is 0.804. The van der Waals surface area contributed by atoms with Crippen LogP contribution in [0.5, 0.6) is 0 Å². The monoisotopic (exact) mass is 310 g/mol. The average Bonchev–Trinajstić information content (AvgIpc) is 2.48. The molecule has 1 atom stereocenters. The molecule has 1 unspecified atom stereocenters.